The fourth-order valence-corrected chi connectivity index (χ4v) is 2.82. The highest BCUT2D eigenvalue weighted by Gasteiger charge is 2.28. The average molecular weight is 301 g/mol. The van der Waals surface area contributed by atoms with E-state index in [4.69, 9.17) is 10.00 Å². The maximum atomic E-state index is 11.6. The fourth-order valence-electron chi connectivity index (χ4n) is 2.82. The summed E-state index contributed by atoms with van der Waals surface area (Å²) in [7, 11) is 0. The van der Waals surface area contributed by atoms with Crippen molar-refractivity contribution in [3.8, 4) is 6.07 Å². The van der Waals surface area contributed by atoms with Gasteiger partial charge in [0.05, 0.1) is 25.6 Å². The summed E-state index contributed by atoms with van der Waals surface area (Å²) in [5.74, 6) is -0.185. The molecule has 0 saturated carbocycles. The number of benzene rings is 1. The largest absolute Gasteiger partial charge is 0.465 e. The van der Waals surface area contributed by atoms with Crippen LogP contribution in [-0.4, -0.2) is 54.6 Å². The Morgan fingerprint density at radius 2 is 2.14 bits per heavy atom. The molecule has 0 amide bonds. The number of carbonyl (C=O) groups is 1. The van der Waals surface area contributed by atoms with Crippen molar-refractivity contribution >= 4 is 5.97 Å². The van der Waals surface area contributed by atoms with Crippen LogP contribution in [0.15, 0.2) is 30.3 Å². The van der Waals surface area contributed by atoms with Crippen LogP contribution in [-0.2, 0) is 16.1 Å². The fraction of sp³-hybridized carbons (Fsp3) is 0.529. The topological polar surface area (TPSA) is 56.6 Å². The molecule has 1 aromatic rings. The summed E-state index contributed by atoms with van der Waals surface area (Å²) in [6, 6.07) is 12.7. The third kappa shape index (κ3) is 4.83. The standard InChI is InChI=1S/C17H23N3O2/c1-2-22-17(21)14-19-10-11-20(16(13-19)8-9-18)12-15-6-4-3-5-7-15/h3-7,16H,2,8,10-14H2,1H3/t16-/m0/s1. The molecule has 5 nitrogen and oxygen atoms in total. The highest BCUT2D eigenvalue weighted by Crippen LogP contribution is 2.16. The van der Waals surface area contributed by atoms with Gasteiger partial charge < -0.3 is 4.74 Å². The number of rotatable bonds is 6. The van der Waals surface area contributed by atoms with Crippen molar-refractivity contribution in [1.82, 2.24) is 9.80 Å². The van der Waals surface area contributed by atoms with Gasteiger partial charge >= 0.3 is 5.97 Å². The highest BCUT2D eigenvalue weighted by molar-refractivity contribution is 5.71. The van der Waals surface area contributed by atoms with Crippen molar-refractivity contribution < 1.29 is 9.53 Å². The van der Waals surface area contributed by atoms with Crippen molar-refractivity contribution in [2.75, 3.05) is 32.8 Å². The summed E-state index contributed by atoms with van der Waals surface area (Å²) in [4.78, 5) is 16.0. The van der Waals surface area contributed by atoms with Crippen molar-refractivity contribution in [1.29, 1.82) is 5.26 Å². The van der Waals surface area contributed by atoms with Crippen LogP contribution in [0.4, 0.5) is 0 Å². The summed E-state index contributed by atoms with van der Waals surface area (Å²) in [5, 5.41) is 9.07. The molecule has 0 aliphatic carbocycles. The molecule has 0 aromatic heterocycles. The number of hydrogen-bond donors (Lipinski definition) is 0. The normalized spacial score (nSPS) is 19.5. The van der Waals surface area contributed by atoms with E-state index in [1.165, 1.54) is 5.56 Å². The Morgan fingerprint density at radius 1 is 1.36 bits per heavy atom. The van der Waals surface area contributed by atoms with E-state index in [-0.39, 0.29) is 12.0 Å². The Morgan fingerprint density at radius 3 is 2.82 bits per heavy atom. The Kier molecular flexibility index (Phi) is 6.38. The molecule has 0 unspecified atom stereocenters. The van der Waals surface area contributed by atoms with Crippen LogP contribution in [0.3, 0.4) is 0 Å². The molecule has 1 fully saturated rings. The molecular formula is C17H23N3O2. The summed E-state index contributed by atoms with van der Waals surface area (Å²) in [6.07, 6.45) is 0.478. The molecule has 5 heteroatoms. The minimum Gasteiger partial charge on any atom is -0.465 e. The smallest absolute Gasteiger partial charge is 0.320 e. The van der Waals surface area contributed by atoms with Crippen molar-refractivity contribution in [2.45, 2.75) is 25.9 Å². The highest BCUT2D eigenvalue weighted by atomic mass is 16.5. The number of piperazine rings is 1. The molecule has 22 heavy (non-hydrogen) atoms. The molecule has 1 saturated heterocycles. The molecule has 1 aliphatic rings. The molecule has 1 atom stereocenters. The van der Waals surface area contributed by atoms with Crippen molar-refractivity contribution in [2.24, 2.45) is 0 Å². The second-order valence-electron chi connectivity index (χ2n) is 5.51. The van der Waals surface area contributed by atoms with Crippen LogP contribution in [0.5, 0.6) is 0 Å². The van der Waals surface area contributed by atoms with E-state index in [1.807, 2.05) is 25.1 Å². The quantitative estimate of drug-likeness (QED) is 0.748. The summed E-state index contributed by atoms with van der Waals surface area (Å²) < 4.78 is 5.00. The third-order valence-electron chi connectivity index (χ3n) is 3.90. The molecule has 1 aliphatic heterocycles. The van der Waals surface area contributed by atoms with E-state index in [1.54, 1.807) is 0 Å². The first kappa shape index (κ1) is 16.5. The minimum atomic E-state index is -0.185. The first-order valence-electron chi connectivity index (χ1n) is 7.75. The van der Waals surface area contributed by atoms with Gasteiger partial charge in [-0.25, -0.2) is 0 Å². The predicted octanol–water partition coefficient (Wildman–Crippen LogP) is 1.65. The van der Waals surface area contributed by atoms with E-state index in [0.29, 0.717) is 19.6 Å². The lowest BCUT2D eigenvalue weighted by molar-refractivity contribution is -0.145. The van der Waals surface area contributed by atoms with Crippen LogP contribution < -0.4 is 0 Å². The summed E-state index contributed by atoms with van der Waals surface area (Å²) in [6.45, 7) is 5.81. The Hall–Kier alpha value is -1.90. The lowest BCUT2D eigenvalue weighted by atomic mass is 10.1. The van der Waals surface area contributed by atoms with E-state index in [0.717, 1.165) is 26.2 Å². The molecule has 1 heterocycles. The van der Waals surface area contributed by atoms with E-state index in [2.05, 4.69) is 28.0 Å². The van der Waals surface area contributed by atoms with Gasteiger partial charge in [0, 0.05) is 32.2 Å². The lowest BCUT2D eigenvalue weighted by Crippen LogP contribution is -2.53. The molecule has 0 N–H and O–H groups in total. The van der Waals surface area contributed by atoms with E-state index >= 15 is 0 Å². The number of nitriles is 1. The monoisotopic (exact) mass is 301 g/mol. The van der Waals surface area contributed by atoms with Gasteiger partial charge in [0.25, 0.3) is 0 Å². The number of esters is 1. The van der Waals surface area contributed by atoms with Gasteiger partial charge in [0.2, 0.25) is 0 Å². The molecule has 0 radical (unpaired) electrons. The zero-order valence-electron chi connectivity index (χ0n) is 13.1. The zero-order valence-corrected chi connectivity index (χ0v) is 13.1. The first-order valence-corrected chi connectivity index (χ1v) is 7.75. The molecule has 0 spiro atoms. The summed E-state index contributed by atoms with van der Waals surface area (Å²) >= 11 is 0. The number of ether oxygens (including phenoxy) is 1. The molecule has 2 rings (SSSR count). The van der Waals surface area contributed by atoms with Gasteiger partial charge in [0.1, 0.15) is 0 Å². The SMILES string of the molecule is CCOC(=O)CN1CCN(Cc2ccccc2)[C@@H](CC#N)C1. The second kappa shape index (κ2) is 8.52. The van der Waals surface area contributed by atoms with Crippen molar-refractivity contribution in [3.63, 3.8) is 0 Å². The molecule has 118 valence electrons. The van der Waals surface area contributed by atoms with Crippen molar-refractivity contribution in [3.05, 3.63) is 35.9 Å². The van der Waals surface area contributed by atoms with Gasteiger partial charge in [-0.2, -0.15) is 5.26 Å². The molecule has 1 aromatic carbocycles. The number of carbonyl (C=O) groups excluding carboxylic acids is 1. The molecular weight excluding hydrogens is 278 g/mol. The van der Waals surface area contributed by atoms with Crippen LogP contribution in [0.2, 0.25) is 0 Å². The van der Waals surface area contributed by atoms with Gasteiger partial charge in [-0.15, -0.1) is 0 Å². The van der Waals surface area contributed by atoms with Gasteiger partial charge in [-0.05, 0) is 12.5 Å². The van der Waals surface area contributed by atoms with Gasteiger partial charge in [-0.1, -0.05) is 30.3 Å². The van der Waals surface area contributed by atoms with Crippen LogP contribution in [0, 0.1) is 11.3 Å². The van der Waals surface area contributed by atoms with Crippen LogP contribution in [0.25, 0.3) is 0 Å². The second-order valence-corrected chi connectivity index (χ2v) is 5.51. The lowest BCUT2D eigenvalue weighted by Gasteiger charge is -2.40. The zero-order chi connectivity index (χ0) is 15.8. The third-order valence-corrected chi connectivity index (χ3v) is 3.90. The maximum Gasteiger partial charge on any atom is 0.320 e. The Balaban J connectivity index is 1.93. The van der Waals surface area contributed by atoms with Crippen LogP contribution in [0.1, 0.15) is 18.9 Å². The summed E-state index contributed by atoms with van der Waals surface area (Å²) in [5.41, 5.74) is 1.25. The average Bonchev–Trinajstić information content (AvgIpc) is 2.51. The molecule has 0 bridgehead atoms. The number of hydrogen-bond acceptors (Lipinski definition) is 5. The van der Waals surface area contributed by atoms with Gasteiger partial charge in [-0.3, -0.25) is 14.6 Å². The Bertz CT molecular complexity index is 512. The minimum absolute atomic E-state index is 0.161. The first-order chi connectivity index (χ1) is 10.7. The Labute approximate surface area is 132 Å². The van der Waals surface area contributed by atoms with E-state index < -0.39 is 0 Å². The number of nitrogens with zero attached hydrogens (tertiary/aromatic N) is 3. The van der Waals surface area contributed by atoms with Gasteiger partial charge in [0.15, 0.2) is 0 Å². The van der Waals surface area contributed by atoms with E-state index in [9.17, 15) is 4.79 Å². The maximum absolute atomic E-state index is 11.6. The predicted molar refractivity (Wildman–Crippen MR) is 83.9 cm³/mol. The van der Waals surface area contributed by atoms with Crippen LogP contribution >= 0.6 is 0 Å².